The maximum absolute atomic E-state index is 5.95. The molecule has 0 saturated heterocycles. The largest absolute Gasteiger partial charge is 0.488 e. The van der Waals surface area contributed by atoms with E-state index < -0.39 is 0 Å². The average Bonchev–Trinajstić information content (AvgIpc) is 2.67. The molecule has 0 spiro atoms. The fourth-order valence-electron chi connectivity index (χ4n) is 1.90. The standard InChI is InChI=1S/C12H13Cl2NO/c13-6-9(14)7-16-10-2-3-11-8(5-10)1-4-12(11)15/h2-3,5-6,12H,1,4,7,15H2/b9-6-/t12-/m1/s1. The first-order valence-electron chi connectivity index (χ1n) is 5.16. The monoisotopic (exact) mass is 257 g/mol. The molecule has 86 valence electrons. The second-order valence-electron chi connectivity index (χ2n) is 3.85. The smallest absolute Gasteiger partial charge is 0.125 e. The zero-order chi connectivity index (χ0) is 11.5. The first kappa shape index (κ1) is 11.8. The fraction of sp³-hybridized carbons (Fsp3) is 0.333. The summed E-state index contributed by atoms with van der Waals surface area (Å²) >= 11 is 11.2. The summed E-state index contributed by atoms with van der Waals surface area (Å²) in [5, 5.41) is 0.485. The van der Waals surface area contributed by atoms with E-state index in [1.807, 2.05) is 18.2 Å². The molecule has 0 saturated carbocycles. The molecular formula is C12H13Cl2NO. The lowest BCUT2D eigenvalue weighted by Crippen LogP contribution is -2.05. The van der Waals surface area contributed by atoms with Crippen LogP contribution < -0.4 is 10.5 Å². The van der Waals surface area contributed by atoms with Crippen molar-refractivity contribution < 1.29 is 4.74 Å². The SMILES string of the molecule is N[C@@H]1CCc2cc(OC/C(Cl)=C/Cl)ccc21. The first-order chi connectivity index (χ1) is 7.70. The second-order valence-corrected chi connectivity index (χ2v) is 4.55. The predicted molar refractivity (Wildman–Crippen MR) is 67.0 cm³/mol. The van der Waals surface area contributed by atoms with Crippen LogP contribution in [-0.4, -0.2) is 6.61 Å². The Balaban J connectivity index is 2.08. The highest BCUT2D eigenvalue weighted by Crippen LogP contribution is 2.31. The Morgan fingerprint density at radius 3 is 3.12 bits per heavy atom. The van der Waals surface area contributed by atoms with Crippen LogP contribution in [-0.2, 0) is 6.42 Å². The zero-order valence-corrected chi connectivity index (χ0v) is 10.3. The number of halogens is 2. The lowest BCUT2D eigenvalue weighted by molar-refractivity contribution is 0.359. The van der Waals surface area contributed by atoms with Gasteiger partial charge in [-0.05, 0) is 36.1 Å². The van der Waals surface area contributed by atoms with E-state index in [1.165, 1.54) is 16.7 Å². The van der Waals surface area contributed by atoms with Crippen molar-refractivity contribution in [3.05, 3.63) is 39.9 Å². The van der Waals surface area contributed by atoms with Gasteiger partial charge >= 0.3 is 0 Å². The predicted octanol–water partition coefficient (Wildman–Crippen LogP) is 3.33. The number of fused-ring (bicyclic) bond motifs is 1. The van der Waals surface area contributed by atoms with Gasteiger partial charge in [0, 0.05) is 11.6 Å². The molecule has 0 radical (unpaired) electrons. The van der Waals surface area contributed by atoms with Crippen LogP contribution in [0.5, 0.6) is 5.75 Å². The number of nitrogens with two attached hydrogens (primary N) is 1. The van der Waals surface area contributed by atoms with Crippen LogP contribution >= 0.6 is 23.2 Å². The van der Waals surface area contributed by atoms with Crippen molar-refractivity contribution in [2.75, 3.05) is 6.61 Å². The molecule has 0 unspecified atom stereocenters. The summed E-state index contributed by atoms with van der Waals surface area (Å²) in [4.78, 5) is 0. The molecule has 0 amide bonds. The van der Waals surface area contributed by atoms with Crippen molar-refractivity contribution in [3.8, 4) is 5.75 Å². The Kier molecular flexibility index (Phi) is 3.74. The number of ether oxygens (including phenoxy) is 1. The third kappa shape index (κ3) is 2.51. The zero-order valence-electron chi connectivity index (χ0n) is 8.75. The Hall–Kier alpha value is -0.700. The topological polar surface area (TPSA) is 35.2 Å². The van der Waals surface area contributed by atoms with Crippen molar-refractivity contribution in [3.63, 3.8) is 0 Å². The minimum Gasteiger partial charge on any atom is -0.488 e. The first-order valence-corrected chi connectivity index (χ1v) is 5.98. The molecule has 1 aromatic carbocycles. The molecule has 2 rings (SSSR count). The Bertz CT molecular complexity index is 417. The van der Waals surface area contributed by atoms with Gasteiger partial charge in [0.25, 0.3) is 0 Å². The van der Waals surface area contributed by atoms with Gasteiger partial charge < -0.3 is 10.5 Å². The fourth-order valence-corrected chi connectivity index (χ4v) is 2.02. The molecular weight excluding hydrogens is 245 g/mol. The van der Waals surface area contributed by atoms with Gasteiger partial charge in [0.15, 0.2) is 0 Å². The highest BCUT2D eigenvalue weighted by Gasteiger charge is 2.18. The van der Waals surface area contributed by atoms with Crippen LogP contribution in [0.4, 0.5) is 0 Å². The molecule has 0 heterocycles. The molecule has 1 aromatic rings. The normalized spacial score (nSPS) is 19.7. The van der Waals surface area contributed by atoms with Crippen LogP contribution in [0.1, 0.15) is 23.6 Å². The molecule has 1 aliphatic carbocycles. The number of hydrogen-bond acceptors (Lipinski definition) is 2. The van der Waals surface area contributed by atoms with E-state index in [4.69, 9.17) is 33.7 Å². The Morgan fingerprint density at radius 1 is 1.56 bits per heavy atom. The van der Waals surface area contributed by atoms with Gasteiger partial charge in [0.2, 0.25) is 0 Å². The van der Waals surface area contributed by atoms with Crippen molar-refractivity contribution >= 4 is 23.2 Å². The summed E-state index contributed by atoms with van der Waals surface area (Å²) in [7, 11) is 0. The molecule has 1 aliphatic rings. The van der Waals surface area contributed by atoms with Gasteiger partial charge in [0.05, 0.1) is 5.03 Å². The second kappa shape index (κ2) is 5.09. The minimum absolute atomic E-state index is 0.176. The van der Waals surface area contributed by atoms with Crippen LogP contribution in [0, 0.1) is 0 Å². The molecule has 1 atom stereocenters. The highest BCUT2D eigenvalue weighted by molar-refractivity contribution is 6.36. The van der Waals surface area contributed by atoms with Crippen molar-refractivity contribution in [1.82, 2.24) is 0 Å². The van der Waals surface area contributed by atoms with E-state index in [9.17, 15) is 0 Å². The van der Waals surface area contributed by atoms with Crippen molar-refractivity contribution in [2.45, 2.75) is 18.9 Å². The lowest BCUT2D eigenvalue weighted by atomic mass is 10.1. The van der Waals surface area contributed by atoms with E-state index in [0.29, 0.717) is 11.6 Å². The van der Waals surface area contributed by atoms with Crippen LogP contribution in [0.25, 0.3) is 0 Å². The summed E-state index contributed by atoms with van der Waals surface area (Å²) < 4.78 is 5.49. The molecule has 16 heavy (non-hydrogen) atoms. The van der Waals surface area contributed by atoms with Gasteiger partial charge in [-0.15, -0.1) is 0 Å². The summed E-state index contributed by atoms with van der Waals surface area (Å²) in [6, 6.07) is 6.15. The third-order valence-corrected chi connectivity index (χ3v) is 3.33. The number of rotatable bonds is 3. The van der Waals surface area contributed by atoms with E-state index in [1.54, 1.807) is 0 Å². The number of aryl methyl sites for hydroxylation is 1. The average molecular weight is 258 g/mol. The quantitative estimate of drug-likeness (QED) is 0.902. The van der Waals surface area contributed by atoms with E-state index in [-0.39, 0.29) is 6.04 Å². The van der Waals surface area contributed by atoms with Gasteiger partial charge in [-0.3, -0.25) is 0 Å². The van der Waals surface area contributed by atoms with Gasteiger partial charge in [-0.1, -0.05) is 29.3 Å². The Morgan fingerprint density at radius 2 is 2.38 bits per heavy atom. The molecule has 0 bridgehead atoms. The number of benzene rings is 1. The van der Waals surface area contributed by atoms with Gasteiger partial charge in [-0.2, -0.15) is 0 Å². The Labute approximate surface area is 105 Å². The molecule has 0 aromatic heterocycles. The maximum atomic E-state index is 5.95. The van der Waals surface area contributed by atoms with Gasteiger partial charge in [0.1, 0.15) is 12.4 Å². The van der Waals surface area contributed by atoms with Gasteiger partial charge in [-0.25, -0.2) is 0 Å². The third-order valence-electron chi connectivity index (χ3n) is 2.73. The van der Waals surface area contributed by atoms with Crippen LogP contribution in [0.15, 0.2) is 28.8 Å². The van der Waals surface area contributed by atoms with E-state index in [2.05, 4.69) is 0 Å². The summed E-state index contributed by atoms with van der Waals surface area (Å²) in [6.07, 6.45) is 2.04. The molecule has 0 fully saturated rings. The molecule has 2 N–H and O–H groups in total. The lowest BCUT2D eigenvalue weighted by Gasteiger charge is -2.08. The number of hydrogen-bond donors (Lipinski definition) is 1. The summed E-state index contributed by atoms with van der Waals surface area (Å²) in [5.41, 5.74) is 9.76. The molecule has 4 heteroatoms. The van der Waals surface area contributed by atoms with E-state index >= 15 is 0 Å². The summed E-state index contributed by atoms with van der Waals surface area (Å²) in [5.74, 6) is 0.810. The highest BCUT2D eigenvalue weighted by atomic mass is 35.5. The minimum atomic E-state index is 0.176. The van der Waals surface area contributed by atoms with Crippen molar-refractivity contribution in [1.29, 1.82) is 0 Å². The van der Waals surface area contributed by atoms with Crippen LogP contribution in [0.2, 0.25) is 0 Å². The van der Waals surface area contributed by atoms with Crippen molar-refractivity contribution in [2.24, 2.45) is 5.73 Å². The molecule has 0 aliphatic heterocycles. The maximum Gasteiger partial charge on any atom is 0.125 e. The molecule has 2 nitrogen and oxygen atoms in total. The van der Waals surface area contributed by atoms with Crippen LogP contribution in [0.3, 0.4) is 0 Å². The van der Waals surface area contributed by atoms with E-state index in [0.717, 1.165) is 18.6 Å². The summed E-state index contributed by atoms with van der Waals surface area (Å²) in [6.45, 7) is 0.301.